The van der Waals surface area contributed by atoms with Gasteiger partial charge in [0.15, 0.2) is 0 Å². The van der Waals surface area contributed by atoms with E-state index in [1.165, 1.54) is 51.4 Å². The van der Waals surface area contributed by atoms with Crippen molar-refractivity contribution in [2.24, 2.45) is 17.8 Å². The average Bonchev–Trinajstić information content (AvgIpc) is 3.10. The van der Waals surface area contributed by atoms with Crippen LogP contribution in [0.2, 0.25) is 0 Å². The zero-order chi connectivity index (χ0) is 13.0. The van der Waals surface area contributed by atoms with E-state index >= 15 is 0 Å². The van der Waals surface area contributed by atoms with Crippen LogP contribution in [0.25, 0.3) is 0 Å². The summed E-state index contributed by atoms with van der Waals surface area (Å²) in [5.41, 5.74) is 0.371. The Hall–Kier alpha value is -0.570. The highest BCUT2D eigenvalue weighted by Gasteiger charge is 2.52. The Morgan fingerprint density at radius 2 is 1.63 bits per heavy atom. The van der Waals surface area contributed by atoms with Gasteiger partial charge in [-0.25, -0.2) is 0 Å². The lowest BCUT2D eigenvalue weighted by molar-refractivity contribution is -0.128. The molecule has 0 heterocycles. The predicted molar refractivity (Wildman–Crippen MR) is 74.7 cm³/mol. The normalized spacial score (nSPS) is 43.8. The van der Waals surface area contributed by atoms with Crippen LogP contribution in [0.3, 0.4) is 0 Å². The molecule has 5 rings (SSSR count). The lowest BCUT2D eigenvalue weighted by Crippen LogP contribution is -2.60. The van der Waals surface area contributed by atoms with Gasteiger partial charge in [-0.3, -0.25) is 9.69 Å². The van der Waals surface area contributed by atoms with Gasteiger partial charge >= 0.3 is 0 Å². The zero-order valence-electron chi connectivity index (χ0n) is 12.0. The van der Waals surface area contributed by atoms with Gasteiger partial charge in [-0.15, -0.1) is 0 Å². The predicted octanol–water partition coefficient (Wildman–Crippen LogP) is 2.17. The van der Waals surface area contributed by atoms with E-state index in [0.717, 1.165) is 17.8 Å². The van der Waals surface area contributed by atoms with E-state index in [1.807, 2.05) is 0 Å². The molecule has 0 radical (unpaired) electrons. The highest BCUT2D eigenvalue weighted by molar-refractivity contribution is 5.78. The third-order valence-electron chi connectivity index (χ3n) is 6.14. The monoisotopic (exact) mass is 262 g/mol. The molecule has 3 heteroatoms. The minimum atomic E-state index is 0.251. The number of carbonyl (C=O) groups excluding carboxylic acids is 1. The molecule has 5 aliphatic carbocycles. The van der Waals surface area contributed by atoms with Crippen LogP contribution < -0.4 is 5.32 Å². The van der Waals surface area contributed by atoms with E-state index < -0.39 is 0 Å². The summed E-state index contributed by atoms with van der Waals surface area (Å²) in [6, 6.07) is 0.497. The fourth-order valence-electron chi connectivity index (χ4n) is 5.42. The van der Waals surface area contributed by atoms with E-state index in [0.29, 0.717) is 18.1 Å². The molecule has 0 spiro atoms. The molecule has 1 N–H and O–H groups in total. The fourth-order valence-corrected chi connectivity index (χ4v) is 5.42. The molecule has 0 unspecified atom stereocenters. The number of carbonyl (C=O) groups is 1. The Kier molecular flexibility index (Phi) is 2.70. The molecule has 4 bridgehead atoms. The van der Waals surface area contributed by atoms with E-state index in [1.54, 1.807) is 0 Å². The Morgan fingerprint density at radius 1 is 1.11 bits per heavy atom. The SMILES string of the molecule is CN(CC(=O)NC1CC1)C12CC3CC(CC(C3)C1)C2. The molecule has 5 saturated carbocycles. The maximum atomic E-state index is 12.0. The first-order valence-corrected chi connectivity index (χ1v) is 8.13. The van der Waals surface area contributed by atoms with Crippen molar-refractivity contribution in [2.75, 3.05) is 13.6 Å². The number of hydrogen-bond acceptors (Lipinski definition) is 2. The summed E-state index contributed by atoms with van der Waals surface area (Å²) in [4.78, 5) is 14.5. The maximum Gasteiger partial charge on any atom is 0.234 e. The van der Waals surface area contributed by atoms with Crippen molar-refractivity contribution in [2.45, 2.75) is 62.9 Å². The molecule has 0 aliphatic heterocycles. The maximum absolute atomic E-state index is 12.0. The molecule has 0 aromatic rings. The van der Waals surface area contributed by atoms with Crippen molar-refractivity contribution in [1.29, 1.82) is 0 Å². The Labute approximate surface area is 116 Å². The van der Waals surface area contributed by atoms with Crippen LogP contribution in [-0.4, -0.2) is 36.0 Å². The summed E-state index contributed by atoms with van der Waals surface area (Å²) in [7, 11) is 2.19. The van der Waals surface area contributed by atoms with Gasteiger partial charge in [0, 0.05) is 11.6 Å². The van der Waals surface area contributed by atoms with Gasteiger partial charge < -0.3 is 5.32 Å². The first kappa shape index (κ1) is 12.2. The number of amides is 1. The second-order valence-electron chi connectivity index (χ2n) is 7.84. The second-order valence-corrected chi connectivity index (χ2v) is 7.84. The van der Waals surface area contributed by atoms with Gasteiger partial charge in [-0.1, -0.05) is 0 Å². The van der Waals surface area contributed by atoms with Gasteiger partial charge in [-0.05, 0) is 76.2 Å². The van der Waals surface area contributed by atoms with Crippen LogP contribution >= 0.6 is 0 Å². The van der Waals surface area contributed by atoms with Gasteiger partial charge in [0.25, 0.3) is 0 Å². The molecule has 5 fully saturated rings. The van der Waals surface area contributed by atoms with E-state index in [9.17, 15) is 4.79 Å². The van der Waals surface area contributed by atoms with Gasteiger partial charge in [-0.2, -0.15) is 0 Å². The van der Waals surface area contributed by atoms with Crippen LogP contribution in [0, 0.1) is 17.8 Å². The van der Waals surface area contributed by atoms with Crippen molar-refractivity contribution in [3.05, 3.63) is 0 Å². The molecule has 0 aromatic carbocycles. The Balaban J connectivity index is 1.43. The molecule has 0 aromatic heterocycles. The number of hydrogen-bond donors (Lipinski definition) is 1. The Morgan fingerprint density at radius 3 is 2.11 bits per heavy atom. The molecule has 1 amide bonds. The summed E-state index contributed by atoms with van der Waals surface area (Å²) in [6.07, 6.45) is 10.9. The summed E-state index contributed by atoms with van der Waals surface area (Å²) in [5.74, 6) is 3.13. The topological polar surface area (TPSA) is 32.3 Å². The highest BCUT2D eigenvalue weighted by Crippen LogP contribution is 2.57. The van der Waals surface area contributed by atoms with Gasteiger partial charge in [0.2, 0.25) is 5.91 Å². The zero-order valence-corrected chi connectivity index (χ0v) is 12.0. The third-order valence-corrected chi connectivity index (χ3v) is 6.14. The van der Waals surface area contributed by atoms with E-state index in [4.69, 9.17) is 0 Å². The van der Waals surface area contributed by atoms with E-state index in [-0.39, 0.29) is 5.91 Å². The largest absolute Gasteiger partial charge is 0.352 e. The molecule has 19 heavy (non-hydrogen) atoms. The lowest BCUT2D eigenvalue weighted by atomic mass is 9.52. The number of nitrogens with zero attached hydrogens (tertiary/aromatic N) is 1. The van der Waals surface area contributed by atoms with Crippen LogP contribution in [0.15, 0.2) is 0 Å². The molecule has 5 aliphatic rings. The first-order chi connectivity index (χ1) is 9.13. The van der Waals surface area contributed by atoms with Crippen LogP contribution in [0.5, 0.6) is 0 Å². The van der Waals surface area contributed by atoms with E-state index in [2.05, 4.69) is 17.3 Å². The molecule has 106 valence electrons. The highest BCUT2D eigenvalue weighted by atomic mass is 16.2. The minimum Gasteiger partial charge on any atom is -0.352 e. The standard InChI is InChI=1S/C16H26N2O/c1-18(10-15(19)17-14-2-3-14)16-7-11-4-12(8-16)6-13(5-11)9-16/h11-14H,2-10H2,1H3,(H,17,19). The number of likely N-dealkylation sites (N-methyl/N-ethyl adjacent to an activating group) is 1. The molecule has 0 saturated heterocycles. The minimum absolute atomic E-state index is 0.251. The summed E-state index contributed by atoms with van der Waals surface area (Å²) >= 11 is 0. The fraction of sp³-hybridized carbons (Fsp3) is 0.938. The van der Waals surface area contributed by atoms with Crippen molar-refractivity contribution in [3.8, 4) is 0 Å². The van der Waals surface area contributed by atoms with Gasteiger partial charge in [0.05, 0.1) is 6.54 Å². The third kappa shape index (κ3) is 2.20. The number of rotatable bonds is 4. The molecule has 3 nitrogen and oxygen atoms in total. The van der Waals surface area contributed by atoms with Crippen molar-refractivity contribution >= 4 is 5.91 Å². The van der Waals surface area contributed by atoms with Crippen LogP contribution in [-0.2, 0) is 4.79 Å². The Bertz CT molecular complexity index is 353. The quantitative estimate of drug-likeness (QED) is 0.842. The van der Waals surface area contributed by atoms with Crippen molar-refractivity contribution < 1.29 is 4.79 Å². The second kappa shape index (κ2) is 4.21. The molecule has 0 atom stereocenters. The van der Waals surface area contributed by atoms with Crippen LogP contribution in [0.1, 0.15) is 51.4 Å². The molecular formula is C16H26N2O. The smallest absolute Gasteiger partial charge is 0.234 e. The average molecular weight is 262 g/mol. The summed E-state index contributed by atoms with van der Waals surface area (Å²) in [5, 5.41) is 3.14. The first-order valence-electron chi connectivity index (χ1n) is 8.13. The summed E-state index contributed by atoms with van der Waals surface area (Å²) in [6.45, 7) is 0.614. The van der Waals surface area contributed by atoms with Gasteiger partial charge in [0.1, 0.15) is 0 Å². The number of nitrogens with one attached hydrogen (secondary N) is 1. The summed E-state index contributed by atoms with van der Waals surface area (Å²) < 4.78 is 0. The van der Waals surface area contributed by atoms with Crippen LogP contribution in [0.4, 0.5) is 0 Å². The molecular weight excluding hydrogens is 236 g/mol. The van der Waals surface area contributed by atoms with Crippen molar-refractivity contribution in [1.82, 2.24) is 10.2 Å². The van der Waals surface area contributed by atoms with Crippen molar-refractivity contribution in [3.63, 3.8) is 0 Å². The lowest BCUT2D eigenvalue weighted by Gasteiger charge is -2.59.